The van der Waals surface area contributed by atoms with E-state index in [1.54, 1.807) is 11.3 Å². The molecular formula is C11H10BrNS2. The van der Waals surface area contributed by atoms with Crippen LogP contribution in [0.1, 0.15) is 5.56 Å². The molecule has 1 aromatic carbocycles. The highest BCUT2D eigenvalue weighted by Crippen LogP contribution is 2.28. The lowest BCUT2D eigenvalue weighted by Crippen LogP contribution is -1.87. The molecule has 0 aliphatic rings. The van der Waals surface area contributed by atoms with Gasteiger partial charge in [0.15, 0.2) is 0 Å². The average molecular weight is 300 g/mol. The lowest BCUT2D eigenvalue weighted by atomic mass is 10.2. The van der Waals surface area contributed by atoms with Crippen molar-refractivity contribution in [2.75, 3.05) is 5.73 Å². The molecular weight excluding hydrogens is 290 g/mol. The molecule has 1 heterocycles. The van der Waals surface area contributed by atoms with Crippen LogP contribution in [-0.4, -0.2) is 0 Å². The van der Waals surface area contributed by atoms with Gasteiger partial charge in [-0.05, 0) is 35.2 Å². The Hall–Kier alpha value is -0.450. The molecule has 0 saturated carbocycles. The predicted molar refractivity (Wildman–Crippen MR) is 72.4 cm³/mol. The summed E-state index contributed by atoms with van der Waals surface area (Å²) in [5.74, 6) is 0.962. The molecule has 0 radical (unpaired) electrons. The van der Waals surface area contributed by atoms with Crippen molar-refractivity contribution >= 4 is 44.7 Å². The second-order valence-corrected chi connectivity index (χ2v) is 6.25. The van der Waals surface area contributed by atoms with Crippen LogP contribution in [0.5, 0.6) is 0 Å². The zero-order valence-corrected chi connectivity index (χ0v) is 11.2. The summed E-state index contributed by atoms with van der Waals surface area (Å²) in [5, 5.41) is 2.09. The van der Waals surface area contributed by atoms with Crippen molar-refractivity contribution in [1.82, 2.24) is 0 Å². The van der Waals surface area contributed by atoms with Crippen molar-refractivity contribution in [2.45, 2.75) is 9.96 Å². The summed E-state index contributed by atoms with van der Waals surface area (Å²) in [6.45, 7) is 0. The van der Waals surface area contributed by atoms with Gasteiger partial charge in [0, 0.05) is 15.9 Å². The van der Waals surface area contributed by atoms with Crippen LogP contribution in [0, 0.1) is 0 Å². The minimum atomic E-state index is 0.811. The maximum absolute atomic E-state index is 5.77. The molecule has 1 aromatic heterocycles. The van der Waals surface area contributed by atoms with Crippen LogP contribution in [0.25, 0.3) is 0 Å². The number of hydrogen-bond donors (Lipinski definition) is 1. The molecule has 0 fully saturated rings. The summed E-state index contributed by atoms with van der Waals surface area (Å²) < 4.78 is 2.39. The van der Waals surface area contributed by atoms with E-state index in [1.165, 1.54) is 9.77 Å². The van der Waals surface area contributed by atoms with Gasteiger partial charge in [0.25, 0.3) is 0 Å². The minimum absolute atomic E-state index is 0.811. The van der Waals surface area contributed by atoms with Gasteiger partial charge in [-0.1, -0.05) is 22.0 Å². The van der Waals surface area contributed by atoms with Crippen LogP contribution < -0.4 is 5.73 Å². The summed E-state index contributed by atoms with van der Waals surface area (Å²) in [7, 11) is 0. The highest BCUT2D eigenvalue weighted by Gasteiger charge is 1.99. The van der Waals surface area contributed by atoms with E-state index in [0.717, 1.165) is 15.9 Å². The third kappa shape index (κ3) is 3.26. The normalized spacial score (nSPS) is 10.5. The average Bonchev–Trinajstić information content (AvgIpc) is 2.65. The Bertz CT molecular complexity index is 420. The summed E-state index contributed by atoms with van der Waals surface area (Å²) in [6.07, 6.45) is 0. The van der Waals surface area contributed by atoms with Crippen molar-refractivity contribution in [1.29, 1.82) is 0 Å². The van der Waals surface area contributed by atoms with Crippen LogP contribution in [0.15, 0.2) is 44.4 Å². The molecule has 0 atom stereocenters. The monoisotopic (exact) mass is 299 g/mol. The van der Waals surface area contributed by atoms with Gasteiger partial charge in [-0.15, -0.1) is 23.1 Å². The van der Waals surface area contributed by atoms with Crippen molar-refractivity contribution in [2.24, 2.45) is 0 Å². The molecule has 1 nitrogen and oxygen atoms in total. The van der Waals surface area contributed by atoms with E-state index in [2.05, 4.69) is 39.5 Å². The molecule has 2 rings (SSSR count). The summed E-state index contributed by atoms with van der Waals surface area (Å²) in [4.78, 5) is 0. The molecule has 0 saturated heterocycles. The van der Waals surface area contributed by atoms with E-state index in [1.807, 2.05) is 23.9 Å². The van der Waals surface area contributed by atoms with E-state index in [-0.39, 0.29) is 0 Å². The second kappa shape index (κ2) is 5.05. The summed E-state index contributed by atoms with van der Waals surface area (Å²) in [5.41, 5.74) is 7.83. The molecule has 4 heteroatoms. The van der Waals surface area contributed by atoms with Crippen LogP contribution in [0.3, 0.4) is 0 Å². The number of thiophene rings is 1. The Morgan fingerprint density at radius 2 is 2.20 bits per heavy atom. The predicted octanol–water partition coefficient (Wildman–Crippen LogP) is 4.39. The lowest BCUT2D eigenvalue weighted by molar-refractivity contribution is 1.40. The summed E-state index contributed by atoms with van der Waals surface area (Å²) in [6, 6.07) is 10.3. The van der Waals surface area contributed by atoms with Crippen LogP contribution >= 0.6 is 39.0 Å². The standard InChI is InChI=1S/C11H10BrNS2/c12-9-4-8(5-10(13)6-9)7-15-11-2-1-3-14-11/h1-6H,7,13H2. The molecule has 0 aliphatic carbocycles. The number of hydrogen-bond acceptors (Lipinski definition) is 3. The Kier molecular flexibility index (Phi) is 3.72. The number of anilines is 1. The summed E-state index contributed by atoms with van der Waals surface area (Å²) >= 11 is 7.06. The van der Waals surface area contributed by atoms with Gasteiger partial charge in [0.05, 0.1) is 4.21 Å². The first-order valence-electron chi connectivity index (χ1n) is 4.45. The lowest BCUT2D eigenvalue weighted by Gasteiger charge is -2.02. The minimum Gasteiger partial charge on any atom is -0.399 e. The number of halogens is 1. The Balaban J connectivity index is 2.05. The van der Waals surface area contributed by atoms with Crippen molar-refractivity contribution in [3.63, 3.8) is 0 Å². The Morgan fingerprint density at radius 1 is 1.33 bits per heavy atom. The zero-order valence-electron chi connectivity index (χ0n) is 7.94. The molecule has 0 amide bonds. The van der Waals surface area contributed by atoms with Crippen molar-refractivity contribution < 1.29 is 0 Å². The van der Waals surface area contributed by atoms with E-state index in [9.17, 15) is 0 Å². The largest absolute Gasteiger partial charge is 0.399 e. The molecule has 0 spiro atoms. The van der Waals surface area contributed by atoms with Crippen LogP contribution in [0.4, 0.5) is 5.69 Å². The number of nitrogens with two attached hydrogens (primary N) is 1. The zero-order chi connectivity index (χ0) is 10.7. The molecule has 2 N–H and O–H groups in total. The van der Waals surface area contributed by atoms with Crippen molar-refractivity contribution in [3.8, 4) is 0 Å². The number of benzene rings is 1. The van der Waals surface area contributed by atoms with Crippen molar-refractivity contribution in [3.05, 3.63) is 45.7 Å². The van der Waals surface area contributed by atoms with Crippen LogP contribution in [0.2, 0.25) is 0 Å². The van der Waals surface area contributed by atoms with Gasteiger partial charge >= 0.3 is 0 Å². The second-order valence-electron chi connectivity index (χ2n) is 3.11. The topological polar surface area (TPSA) is 26.0 Å². The maximum atomic E-state index is 5.77. The smallest absolute Gasteiger partial charge is 0.0601 e. The highest BCUT2D eigenvalue weighted by atomic mass is 79.9. The number of thioether (sulfide) groups is 1. The molecule has 78 valence electrons. The Labute approximate surface area is 106 Å². The van der Waals surface area contributed by atoms with Crippen LogP contribution in [-0.2, 0) is 5.75 Å². The fourth-order valence-corrected chi connectivity index (χ4v) is 3.53. The van der Waals surface area contributed by atoms with Gasteiger partial charge in [-0.2, -0.15) is 0 Å². The van der Waals surface area contributed by atoms with Gasteiger partial charge in [-0.25, -0.2) is 0 Å². The SMILES string of the molecule is Nc1cc(Br)cc(CSc2cccs2)c1. The first-order valence-corrected chi connectivity index (χ1v) is 7.11. The molecule has 2 aromatic rings. The van der Waals surface area contributed by atoms with Gasteiger partial charge in [-0.3, -0.25) is 0 Å². The van der Waals surface area contributed by atoms with Gasteiger partial charge in [0.2, 0.25) is 0 Å². The highest BCUT2D eigenvalue weighted by molar-refractivity contribution is 9.10. The fourth-order valence-electron chi connectivity index (χ4n) is 1.26. The van der Waals surface area contributed by atoms with E-state index < -0.39 is 0 Å². The first-order chi connectivity index (χ1) is 7.24. The van der Waals surface area contributed by atoms with E-state index in [0.29, 0.717) is 0 Å². The third-order valence-electron chi connectivity index (χ3n) is 1.86. The Morgan fingerprint density at radius 3 is 2.87 bits per heavy atom. The van der Waals surface area contributed by atoms with E-state index in [4.69, 9.17) is 5.73 Å². The fraction of sp³-hybridized carbons (Fsp3) is 0.0909. The number of rotatable bonds is 3. The van der Waals surface area contributed by atoms with Gasteiger partial charge in [0.1, 0.15) is 0 Å². The first kappa shape index (κ1) is 11.0. The molecule has 0 unspecified atom stereocenters. The quantitative estimate of drug-likeness (QED) is 0.672. The van der Waals surface area contributed by atoms with Gasteiger partial charge < -0.3 is 5.73 Å². The van der Waals surface area contributed by atoms with E-state index >= 15 is 0 Å². The molecule has 0 aliphatic heterocycles. The molecule has 15 heavy (non-hydrogen) atoms. The third-order valence-corrected chi connectivity index (χ3v) is 4.52. The molecule has 0 bridgehead atoms. The maximum Gasteiger partial charge on any atom is 0.0601 e. The number of nitrogen functional groups attached to an aromatic ring is 1.